The van der Waals surface area contributed by atoms with Crippen molar-refractivity contribution in [2.45, 2.75) is 6.42 Å². The third-order valence-corrected chi connectivity index (χ3v) is 4.15. The SMILES string of the molecule is Cl.Cl.[C-]1=CC=CC1.[Zr].[c-]1ccc[pH]1.[c-]1ccccc1.[c-]1ccccc1.[c-]1ccccc1.[c-]1ccccc1. The quantitative estimate of drug-likeness (QED) is 0.151. The second kappa shape index (κ2) is 35.8. The third kappa shape index (κ3) is 33.6. The molecule has 4 aromatic carbocycles. The van der Waals surface area contributed by atoms with Gasteiger partial charge in [0, 0.05) is 26.2 Å². The summed E-state index contributed by atoms with van der Waals surface area (Å²) in [6.07, 6.45) is 10.0. The standard InChI is InChI=1S/4C6H5.C5H5.C4H4P.2ClH.Zr/c4*1-2-4-6-5-3-1;2*1-2-4-5-3-1;;;/h4*1-5H;1-3H,4H2;1-3,5H;2*1H;/q6*-1;;;. The molecule has 1 unspecified atom stereocenters. The first kappa shape index (κ1) is 39.1. The van der Waals surface area contributed by atoms with E-state index in [1.165, 1.54) is 0 Å². The molecule has 0 saturated carbocycles. The van der Waals surface area contributed by atoms with Gasteiger partial charge in [-0.3, -0.25) is 14.3 Å². The predicted octanol–water partition coefficient (Wildman–Crippen LogP) is 9.61. The Kier molecular flexibility index (Phi) is 37.8. The van der Waals surface area contributed by atoms with Gasteiger partial charge >= 0.3 is 0 Å². The summed E-state index contributed by atoms with van der Waals surface area (Å²) in [5.41, 5.74) is 0. The second-order valence-corrected chi connectivity index (χ2v) is 7.04. The van der Waals surface area contributed by atoms with E-state index in [1.807, 2.05) is 146 Å². The van der Waals surface area contributed by atoms with Crippen LogP contribution in [0.15, 0.2) is 157 Å². The van der Waals surface area contributed by atoms with Gasteiger partial charge in [-0.2, -0.15) is 169 Å². The van der Waals surface area contributed by atoms with E-state index in [0.717, 1.165) is 14.6 Å². The summed E-state index contributed by atoms with van der Waals surface area (Å²) in [6, 6.07) is 54.0. The Morgan fingerprint density at radius 1 is 0.459 bits per heavy atom. The van der Waals surface area contributed by atoms with Crippen LogP contribution in [-0.2, 0) is 26.2 Å². The van der Waals surface area contributed by atoms with Gasteiger partial charge in [-0.1, -0.05) is 0 Å². The Bertz CT molecular complexity index is 749. The molecule has 192 valence electrons. The van der Waals surface area contributed by atoms with Crippen molar-refractivity contribution in [3.63, 3.8) is 0 Å². The number of allylic oxidation sites excluding steroid dienone is 4. The molecule has 0 amide bonds. The van der Waals surface area contributed by atoms with Gasteiger partial charge in [0.05, 0.1) is 0 Å². The summed E-state index contributed by atoms with van der Waals surface area (Å²) in [5.74, 6) is 5.11. The first-order chi connectivity index (χ1) is 17.0. The Morgan fingerprint density at radius 3 is 0.919 bits per heavy atom. The fourth-order valence-electron chi connectivity index (χ4n) is 1.95. The summed E-state index contributed by atoms with van der Waals surface area (Å²) >= 11 is 0. The van der Waals surface area contributed by atoms with Crippen molar-refractivity contribution in [1.29, 1.82) is 0 Å². The molecule has 4 heteroatoms. The van der Waals surface area contributed by atoms with Crippen LogP contribution in [-0.4, -0.2) is 0 Å². The van der Waals surface area contributed by atoms with Crippen LogP contribution in [0.1, 0.15) is 6.42 Å². The van der Waals surface area contributed by atoms with E-state index in [-0.39, 0.29) is 51.0 Å². The molecule has 0 fully saturated rings. The average Bonchev–Trinajstić information content (AvgIpc) is 3.74. The van der Waals surface area contributed by atoms with Gasteiger partial charge in [-0.15, -0.1) is 31.2 Å². The van der Waals surface area contributed by atoms with Gasteiger partial charge in [0.2, 0.25) is 0 Å². The summed E-state index contributed by atoms with van der Waals surface area (Å²) < 4.78 is 0. The van der Waals surface area contributed by atoms with E-state index in [1.54, 1.807) is 0 Å². The molecule has 0 bridgehead atoms. The van der Waals surface area contributed by atoms with E-state index < -0.39 is 0 Å². The summed E-state index contributed by atoms with van der Waals surface area (Å²) in [6.45, 7) is 0. The molecule has 37 heavy (non-hydrogen) atoms. The zero-order valence-corrected chi connectivity index (χ0v) is 25.6. The molecule has 0 nitrogen and oxygen atoms in total. The topological polar surface area (TPSA) is 0 Å². The number of hydrogen-bond donors (Lipinski definition) is 0. The molecule has 1 aromatic heterocycles. The number of benzene rings is 4. The summed E-state index contributed by atoms with van der Waals surface area (Å²) in [4.78, 5) is 0. The zero-order chi connectivity index (χ0) is 24.0. The van der Waals surface area contributed by atoms with Crippen molar-refractivity contribution in [2.75, 3.05) is 0 Å². The summed E-state index contributed by atoms with van der Waals surface area (Å²) in [5, 5.41) is 0. The maximum atomic E-state index is 3.01. The Balaban J connectivity index is -0.000000369. The monoisotopic (exact) mass is 618 g/mol. The average molecular weight is 621 g/mol. The molecule has 1 atom stereocenters. The summed E-state index contributed by atoms with van der Waals surface area (Å²) in [7, 11) is 0.823. The van der Waals surface area contributed by atoms with Crippen molar-refractivity contribution in [2.24, 2.45) is 0 Å². The minimum absolute atomic E-state index is 0. The predicted molar refractivity (Wildman–Crippen MR) is 162 cm³/mol. The van der Waals surface area contributed by atoms with Crippen molar-refractivity contribution in [3.8, 4) is 0 Å². The van der Waals surface area contributed by atoms with Crippen molar-refractivity contribution in [3.05, 3.63) is 194 Å². The van der Waals surface area contributed by atoms with Crippen LogP contribution < -0.4 is 0 Å². The van der Waals surface area contributed by atoms with E-state index in [9.17, 15) is 0 Å². The van der Waals surface area contributed by atoms with Crippen LogP contribution in [0, 0.1) is 36.1 Å². The van der Waals surface area contributed by atoms with Crippen molar-refractivity contribution >= 4 is 33.0 Å². The van der Waals surface area contributed by atoms with Crippen LogP contribution >= 0.6 is 33.0 Å². The van der Waals surface area contributed by atoms with E-state index in [0.29, 0.717) is 0 Å². The smallest absolute Gasteiger partial charge is 0 e. The second-order valence-electron chi connectivity index (χ2n) is 6.13. The first-order valence-electron chi connectivity index (χ1n) is 10.9. The molecule has 1 aliphatic rings. The third-order valence-electron chi connectivity index (χ3n) is 3.46. The van der Waals surface area contributed by atoms with Gasteiger partial charge in [0.25, 0.3) is 0 Å². The normalized spacial score (nSPS) is 8.86. The van der Waals surface area contributed by atoms with Crippen LogP contribution in [0.5, 0.6) is 0 Å². The van der Waals surface area contributed by atoms with Crippen LogP contribution in [0.2, 0.25) is 0 Å². The zero-order valence-electron chi connectivity index (χ0n) is 20.5. The Morgan fingerprint density at radius 2 is 0.838 bits per heavy atom. The van der Waals surface area contributed by atoms with Crippen LogP contribution in [0.3, 0.4) is 0 Å². The molecule has 5 aromatic rings. The molecule has 0 spiro atoms. The Hall–Kier alpha value is -2.40. The van der Waals surface area contributed by atoms with E-state index in [4.69, 9.17) is 0 Å². The fourth-order valence-corrected chi connectivity index (χ4v) is 2.43. The molecule has 0 radical (unpaired) electrons. The molecular formula is C33H31Cl2PZr-6. The van der Waals surface area contributed by atoms with Gasteiger partial charge < -0.3 is 0 Å². The molecule has 0 saturated heterocycles. The molecule has 0 aliphatic heterocycles. The first-order valence-corrected chi connectivity index (χ1v) is 11.9. The van der Waals surface area contributed by atoms with E-state index in [2.05, 4.69) is 48.0 Å². The number of rotatable bonds is 0. The molecule has 6 rings (SSSR count). The fraction of sp³-hybridized carbons (Fsp3) is 0.0303. The minimum Gasteiger partial charge on any atom is -0.273 e. The van der Waals surface area contributed by atoms with Gasteiger partial charge in [-0.05, 0) is 0 Å². The molecule has 0 N–H and O–H groups in total. The minimum atomic E-state index is 0. The van der Waals surface area contributed by atoms with E-state index >= 15 is 0 Å². The Labute approximate surface area is 257 Å². The van der Waals surface area contributed by atoms with Crippen LogP contribution in [0.4, 0.5) is 0 Å². The molecular weight excluding hydrogens is 589 g/mol. The maximum absolute atomic E-state index is 3.01. The number of hydrogen-bond acceptors (Lipinski definition) is 0. The van der Waals surface area contributed by atoms with Crippen molar-refractivity contribution < 1.29 is 26.2 Å². The maximum Gasteiger partial charge on any atom is 0 e. The molecule has 1 heterocycles. The van der Waals surface area contributed by atoms with Crippen molar-refractivity contribution in [1.82, 2.24) is 0 Å². The van der Waals surface area contributed by atoms with Crippen LogP contribution in [0.25, 0.3) is 0 Å². The van der Waals surface area contributed by atoms with Gasteiger partial charge in [0.1, 0.15) is 0 Å². The molecule has 1 aliphatic carbocycles. The van der Waals surface area contributed by atoms with Gasteiger partial charge in [-0.25, -0.2) is 18.2 Å². The largest absolute Gasteiger partial charge is 0.273 e. The van der Waals surface area contributed by atoms with Gasteiger partial charge in [0.15, 0.2) is 0 Å². The number of halogens is 2.